The summed E-state index contributed by atoms with van der Waals surface area (Å²) >= 11 is 0. The van der Waals surface area contributed by atoms with Gasteiger partial charge in [0.2, 0.25) is 5.69 Å². The minimum Gasteiger partial charge on any atom is -0.201 e. The van der Waals surface area contributed by atoms with Crippen molar-refractivity contribution in [3.05, 3.63) is 77.5 Å². The Morgan fingerprint density at radius 1 is 0.786 bits per heavy atom. The third kappa shape index (κ3) is 3.07. The lowest BCUT2D eigenvalue weighted by Crippen LogP contribution is -2.30. The van der Waals surface area contributed by atoms with Gasteiger partial charge in [-0.05, 0) is 71.9 Å². The maximum Gasteiger partial charge on any atom is 0.213 e. The maximum atomic E-state index is 2.48. The molecule has 1 fully saturated rings. The number of rotatable bonds is 2. The van der Waals surface area contributed by atoms with Gasteiger partial charge in [-0.2, -0.15) is 0 Å². The van der Waals surface area contributed by atoms with Crippen molar-refractivity contribution in [1.82, 2.24) is 0 Å². The lowest BCUT2D eigenvalue weighted by atomic mass is 9.72. The van der Waals surface area contributed by atoms with Crippen LogP contribution in [0.3, 0.4) is 0 Å². The zero-order valence-electron chi connectivity index (χ0n) is 17.2. The van der Waals surface area contributed by atoms with Gasteiger partial charge in [-0.15, -0.1) is 0 Å². The summed E-state index contributed by atoms with van der Waals surface area (Å²) in [6, 6.07) is 20.5. The highest BCUT2D eigenvalue weighted by Gasteiger charge is 2.37. The van der Waals surface area contributed by atoms with Crippen LogP contribution >= 0.6 is 0 Å². The maximum absolute atomic E-state index is 2.48. The van der Waals surface area contributed by atoms with E-state index in [1.54, 1.807) is 11.1 Å². The van der Waals surface area contributed by atoms with Crippen molar-refractivity contribution in [3.63, 3.8) is 0 Å². The molecule has 0 saturated heterocycles. The van der Waals surface area contributed by atoms with Crippen LogP contribution in [0.5, 0.6) is 0 Å². The molecule has 2 aliphatic carbocycles. The van der Waals surface area contributed by atoms with Gasteiger partial charge < -0.3 is 0 Å². The molecule has 0 bridgehead atoms. The second-order valence-electron chi connectivity index (χ2n) is 9.12. The first-order valence-corrected chi connectivity index (χ1v) is 10.8. The third-order valence-corrected chi connectivity index (χ3v) is 7.16. The highest BCUT2D eigenvalue weighted by atomic mass is 14.9. The van der Waals surface area contributed by atoms with Crippen LogP contribution < -0.4 is 4.57 Å². The molecule has 0 aliphatic heterocycles. The molecule has 2 aromatic carbocycles. The molecular weight excluding hydrogens is 338 g/mol. The average Bonchev–Trinajstić information content (AvgIpc) is 3.06. The molecule has 1 heteroatoms. The molecule has 5 rings (SSSR count). The third-order valence-electron chi connectivity index (χ3n) is 7.16. The van der Waals surface area contributed by atoms with Gasteiger partial charge in [0.25, 0.3) is 0 Å². The Morgan fingerprint density at radius 3 is 2.36 bits per heavy atom. The van der Waals surface area contributed by atoms with E-state index < -0.39 is 0 Å². The van der Waals surface area contributed by atoms with Gasteiger partial charge >= 0.3 is 0 Å². The number of hydrogen-bond donors (Lipinski definition) is 0. The van der Waals surface area contributed by atoms with Crippen LogP contribution in [0.15, 0.2) is 60.8 Å². The van der Waals surface area contributed by atoms with Gasteiger partial charge in [0, 0.05) is 17.7 Å². The standard InChI is InChI=1S/C27H30N/c1-20-8-4-5-9-25(20)26-17-22(12-15-28(26)2)21-10-11-23-18-27(19-24(23)16-21)13-6-3-7-14-27/h4-5,8-12,15-17H,3,6-7,13-14,18-19H2,1-2H3/q+1. The van der Waals surface area contributed by atoms with E-state index in [-0.39, 0.29) is 0 Å². The Balaban J connectivity index is 1.51. The fourth-order valence-corrected chi connectivity index (χ4v) is 5.55. The number of pyridine rings is 1. The molecular formula is C27H30N+. The molecule has 28 heavy (non-hydrogen) atoms. The molecule has 2 aliphatic rings. The molecule has 1 aromatic heterocycles. The van der Waals surface area contributed by atoms with Gasteiger partial charge in [-0.25, -0.2) is 4.57 Å². The monoisotopic (exact) mass is 368 g/mol. The van der Waals surface area contributed by atoms with Gasteiger partial charge in [-0.1, -0.05) is 55.7 Å². The summed E-state index contributed by atoms with van der Waals surface area (Å²) in [6.07, 6.45) is 11.9. The van der Waals surface area contributed by atoms with Gasteiger partial charge in [0.15, 0.2) is 6.20 Å². The zero-order chi connectivity index (χ0) is 19.1. The van der Waals surface area contributed by atoms with E-state index in [1.165, 1.54) is 72.9 Å². The molecule has 142 valence electrons. The number of aryl methyl sites for hydroxylation is 2. The van der Waals surface area contributed by atoms with E-state index in [1.807, 2.05) is 0 Å². The molecule has 0 amide bonds. The highest BCUT2D eigenvalue weighted by Crippen LogP contribution is 2.47. The van der Waals surface area contributed by atoms with Crippen molar-refractivity contribution in [3.8, 4) is 22.4 Å². The molecule has 0 radical (unpaired) electrons. The lowest BCUT2D eigenvalue weighted by Gasteiger charge is -2.33. The normalized spacial score (nSPS) is 17.6. The molecule has 0 atom stereocenters. The lowest BCUT2D eigenvalue weighted by molar-refractivity contribution is -0.660. The second kappa shape index (κ2) is 6.88. The summed E-state index contributed by atoms with van der Waals surface area (Å²) in [7, 11) is 2.14. The minimum atomic E-state index is 0.578. The molecule has 1 nitrogen and oxygen atoms in total. The van der Waals surface area contributed by atoms with Crippen LogP contribution in [-0.2, 0) is 19.9 Å². The topological polar surface area (TPSA) is 3.88 Å². The predicted molar refractivity (Wildman–Crippen MR) is 116 cm³/mol. The summed E-state index contributed by atoms with van der Waals surface area (Å²) in [5.74, 6) is 0. The van der Waals surface area contributed by atoms with Crippen molar-refractivity contribution >= 4 is 0 Å². The van der Waals surface area contributed by atoms with Crippen molar-refractivity contribution in [2.45, 2.75) is 51.9 Å². The Labute approximate surface area is 169 Å². The number of hydrogen-bond acceptors (Lipinski definition) is 0. The van der Waals surface area contributed by atoms with Crippen molar-refractivity contribution in [2.24, 2.45) is 12.5 Å². The van der Waals surface area contributed by atoms with Crippen molar-refractivity contribution < 1.29 is 4.57 Å². The molecule has 1 saturated carbocycles. The van der Waals surface area contributed by atoms with Crippen LogP contribution in [0.1, 0.15) is 48.8 Å². The van der Waals surface area contributed by atoms with Crippen molar-refractivity contribution in [2.75, 3.05) is 0 Å². The summed E-state index contributed by atoms with van der Waals surface area (Å²) in [6.45, 7) is 2.20. The van der Waals surface area contributed by atoms with Crippen LogP contribution in [0.2, 0.25) is 0 Å². The Hall–Kier alpha value is -2.41. The van der Waals surface area contributed by atoms with E-state index in [4.69, 9.17) is 0 Å². The average molecular weight is 369 g/mol. The number of benzene rings is 2. The predicted octanol–water partition coefficient (Wildman–Crippen LogP) is 6.20. The first-order valence-electron chi connectivity index (χ1n) is 10.8. The summed E-state index contributed by atoms with van der Waals surface area (Å²) in [5, 5.41) is 0. The minimum absolute atomic E-state index is 0.578. The Kier molecular flexibility index (Phi) is 4.34. The molecule has 1 heterocycles. The quantitative estimate of drug-likeness (QED) is 0.474. The number of fused-ring (bicyclic) bond motifs is 1. The largest absolute Gasteiger partial charge is 0.213 e. The van der Waals surface area contributed by atoms with E-state index in [9.17, 15) is 0 Å². The fraction of sp³-hybridized carbons (Fsp3) is 0.370. The number of nitrogens with zero attached hydrogens (tertiary/aromatic N) is 1. The van der Waals surface area contributed by atoms with Gasteiger partial charge in [0.1, 0.15) is 7.05 Å². The zero-order valence-corrected chi connectivity index (χ0v) is 17.2. The highest BCUT2D eigenvalue weighted by molar-refractivity contribution is 5.71. The van der Waals surface area contributed by atoms with E-state index >= 15 is 0 Å². The van der Waals surface area contributed by atoms with Gasteiger partial charge in [0.05, 0.1) is 0 Å². The van der Waals surface area contributed by atoms with Gasteiger partial charge in [-0.3, -0.25) is 0 Å². The molecule has 0 N–H and O–H groups in total. The second-order valence-corrected chi connectivity index (χ2v) is 9.12. The smallest absolute Gasteiger partial charge is 0.201 e. The van der Waals surface area contributed by atoms with Crippen LogP contribution in [0, 0.1) is 12.3 Å². The van der Waals surface area contributed by atoms with Crippen LogP contribution in [0.4, 0.5) is 0 Å². The Bertz CT molecular complexity index is 1020. The Morgan fingerprint density at radius 2 is 1.54 bits per heavy atom. The fourth-order valence-electron chi connectivity index (χ4n) is 5.55. The summed E-state index contributed by atoms with van der Waals surface area (Å²) in [5.41, 5.74) is 10.4. The van der Waals surface area contributed by atoms with E-state index in [0.717, 1.165) is 0 Å². The van der Waals surface area contributed by atoms with Crippen LogP contribution in [0.25, 0.3) is 22.4 Å². The first kappa shape index (κ1) is 17.7. The van der Waals surface area contributed by atoms with Crippen molar-refractivity contribution in [1.29, 1.82) is 0 Å². The number of aromatic nitrogens is 1. The summed E-state index contributed by atoms with van der Waals surface area (Å²) < 4.78 is 2.23. The summed E-state index contributed by atoms with van der Waals surface area (Å²) in [4.78, 5) is 0. The molecule has 1 spiro atoms. The van der Waals surface area contributed by atoms with Crippen LogP contribution in [-0.4, -0.2) is 0 Å². The molecule has 0 unspecified atom stereocenters. The SMILES string of the molecule is Cc1ccccc1-c1cc(-c2ccc3c(c2)CC2(CCCCC2)C3)cc[n+]1C. The van der Waals surface area contributed by atoms with E-state index in [0.29, 0.717) is 5.41 Å². The van der Waals surface area contributed by atoms with E-state index in [2.05, 4.69) is 79.3 Å². The first-order chi connectivity index (χ1) is 13.6. The molecule has 3 aromatic rings.